The Kier molecular flexibility index (Phi) is 5.89. The molecule has 0 radical (unpaired) electrons. The maximum Gasteiger partial charge on any atom is 0.255 e. The Hall–Kier alpha value is -3.75. The van der Waals surface area contributed by atoms with Crippen molar-refractivity contribution in [1.82, 2.24) is 15.2 Å². The molecule has 1 aromatic heterocycles. The van der Waals surface area contributed by atoms with Gasteiger partial charge in [0.25, 0.3) is 5.91 Å². The van der Waals surface area contributed by atoms with Crippen LogP contribution in [0.4, 0.5) is 5.69 Å². The molecule has 1 saturated heterocycles. The topological polar surface area (TPSA) is 118 Å². The zero-order chi connectivity index (χ0) is 22.8. The Morgan fingerprint density at radius 1 is 1.28 bits per heavy atom. The third kappa shape index (κ3) is 4.32. The number of hydrogen-bond acceptors (Lipinski definition) is 6. The molecule has 1 atom stereocenters. The second-order valence-corrected chi connectivity index (χ2v) is 7.95. The van der Waals surface area contributed by atoms with Crippen molar-refractivity contribution in [2.75, 3.05) is 12.4 Å². The van der Waals surface area contributed by atoms with Crippen LogP contribution in [0.25, 0.3) is 0 Å². The van der Waals surface area contributed by atoms with Crippen LogP contribution in [0.2, 0.25) is 0 Å². The number of hydrogen-bond donors (Lipinski definition) is 2. The molecule has 2 aromatic rings. The SMILES string of the molecule is COc1cc(NC(=O)CCc2ccc3c(c2)C(=O)N(C2CCC(=O)NC2=O)C3)cnc1C. The molecule has 1 unspecified atom stereocenters. The van der Waals surface area contributed by atoms with Gasteiger partial charge in [-0.15, -0.1) is 0 Å². The van der Waals surface area contributed by atoms with E-state index in [1.807, 2.05) is 19.1 Å². The van der Waals surface area contributed by atoms with Crippen LogP contribution >= 0.6 is 0 Å². The summed E-state index contributed by atoms with van der Waals surface area (Å²) < 4.78 is 5.22. The molecule has 4 amide bonds. The lowest BCUT2D eigenvalue weighted by atomic mass is 10.0. The minimum absolute atomic E-state index is 0.172. The van der Waals surface area contributed by atoms with E-state index < -0.39 is 11.9 Å². The molecule has 1 fully saturated rings. The number of nitrogens with one attached hydrogen (secondary N) is 2. The quantitative estimate of drug-likeness (QED) is 0.666. The van der Waals surface area contributed by atoms with E-state index in [-0.39, 0.29) is 30.6 Å². The number of imide groups is 1. The highest BCUT2D eigenvalue weighted by molar-refractivity contribution is 6.05. The summed E-state index contributed by atoms with van der Waals surface area (Å²) in [6, 6.07) is 6.62. The third-order valence-electron chi connectivity index (χ3n) is 5.78. The van der Waals surface area contributed by atoms with Crippen LogP contribution in [0, 0.1) is 6.92 Å². The zero-order valence-electron chi connectivity index (χ0n) is 17.9. The summed E-state index contributed by atoms with van der Waals surface area (Å²) in [7, 11) is 1.55. The Bertz CT molecular complexity index is 1110. The number of pyridine rings is 1. The van der Waals surface area contributed by atoms with E-state index in [1.54, 1.807) is 25.4 Å². The maximum absolute atomic E-state index is 12.9. The fourth-order valence-corrected chi connectivity index (χ4v) is 4.03. The van der Waals surface area contributed by atoms with Gasteiger partial charge in [-0.3, -0.25) is 29.5 Å². The number of nitrogens with zero attached hydrogens (tertiary/aromatic N) is 2. The largest absolute Gasteiger partial charge is 0.495 e. The van der Waals surface area contributed by atoms with Gasteiger partial charge in [0.15, 0.2) is 0 Å². The molecule has 0 spiro atoms. The molecule has 32 heavy (non-hydrogen) atoms. The van der Waals surface area contributed by atoms with Crippen molar-refractivity contribution in [2.24, 2.45) is 0 Å². The first-order chi connectivity index (χ1) is 15.4. The molecular formula is C23H24N4O5. The molecule has 0 bridgehead atoms. The van der Waals surface area contributed by atoms with Gasteiger partial charge in [-0.1, -0.05) is 12.1 Å². The summed E-state index contributed by atoms with van der Waals surface area (Å²) >= 11 is 0. The van der Waals surface area contributed by atoms with Crippen LogP contribution in [0.1, 0.15) is 46.4 Å². The first-order valence-corrected chi connectivity index (χ1v) is 10.4. The number of methoxy groups -OCH3 is 1. The van der Waals surface area contributed by atoms with Gasteiger partial charge in [0.1, 0.15) is 11.8 Å². The van der Waals surface area contributed by atoms with Crippen LogP contribution in [-0.4, -0.2) is 46.7 Å². The molecule has 9 nitrogen and oxygen atoms in total. The molecule has 2 aliphatic heterocycles. The van der Waals surface area contributed by atoms with Crippen molar-refractivity contribution in [3.63, 3.8) is 0 Å². The fraction of sp³-hybridized carbons (Fsp3) is 0.348. The highest BCUT2D eigenvalue weighted by Crippen LogP contribution is 2.28. The highest BCUT2D eigenvalue weighted by Gasteiger charge is 2.39. The number of fused-ring (bicyclic) bond motifs is 1. The number of aryl methyl sites for hydroxylation is 2. The smallest absolute Gasteiger partial charge is 0.255 e. The number of benzene rings is 1. The Morgan fingerprint density at radius 3 is 2.84 bits per heavy atom. The Labute approximate surface area is 185 Å². The monoisotopic (exact) mass is 436 g/mol. The molecule has 3 heterocycles. The van der Waals surface area contributed by atoms with Crippen LogP contribution in [0.15, 0.2) is 30.5 Å². The fourth-order valence-electron chi connectivity index (χ4n) is 4.03. The number of carbonyl (C=O) groups is 4. The van der Waals surface area contributed by atoms with Gasteiger partial charge in [-0.25, -0.2) is 0 Å². The highest BCUT2D eigenvalue weighted by atomic mass is 16.5. The molecule has 0 aliphatic carbocycles. The number of carbonyl (C=O) groups excluding carboxylic acids is 4. The van der Waals surface area contributed by atoms with Gasteiger partial charge in [0, 0.05) is 31.0 Å². The van der Waals surface area contributed by atoms with E-state index in [4.69, 9.17) is 4.74 Å². The summed E-state index contributed by atoms with van der Waals surface area (Å²) in [6.07, 6.45) is 2.82. The van der Waals surface area contributed by atoms with Gasteiger partial charge in [0.2, 0.25) is 17.7 Å². The molecular weight excluding hydrogens is 412 g/mol. The number of ether oxygens (including phenoxy) is 1. The molecule has 9 heteroatoms. The lowest BCUT2D eigenvalue weighted by Crippen LogP contribution is -2.52. The van der Waals surface area contributed by atoms with E-state index in [0.717, 1.165) is 16.8 Å². The minimum atomic E-state index is -0.637. The average molecular weight is 436 g/mol. The number of anilines is 1. The first-order valence-electron chi connectivity index (χ1n) is 10.4. The summed E-state index contributed by atoms with van der Waals surface area (Å²) in [5, 5.41) is 5.10. The molecule has 2 aliphatic rings. The first kappa shape index (κ1) is 21.5. The number of rotatable bonds is 6. The van der Waals surface area contributed by atoms with Crippen molar-refractivity contribution in [2.45, 2.75) is 45.2 Å². The predicted molar refractivity (Wildman–Crippen MR) is 115 cm³/mol. The summed E-state index contributed by atoms with van der Waals surface area (Å²) in [6.45, 7) is 2.16. The van der Waals surface area contributed by atoms with E-state index in [9.17, 15) is 19.2 Å². The number of piperidine rings is 1. The van der Waals surface area contributed by atoms with E-state index in [2.05, 4.69) is 15.6 Å². The molecule has 166 valence electrons. The predicted octanol–water partition coefficient (Wildman–Crippen LogP) is 1.73. The number of aromatic nitrogens is 1. The molecule has 1 aromatic carbocycles. The van der Waals surface area contributed by atoms with E-state index in [1.165, 1.54) is 4.90 Å². The molecule has 4 rings (SSSR count). The van der Waals surface area contributed by atoms with Crippen molar-refractivity contribution >= 4 is 29.3 Å². The summed E-state index contributed by atoms with van der Waals surface area (Å²) in [5.41, 5.74) is 3.53. The van der Waals surface area contributed by atoms with Crippen molar-refractivity contribution in [1.29, 1.82) is 0 Å². The Balaban J connectivity index is 1.38. The van der Waals surface area contributed by atoms with Gasteiger partial charge in [0.05, 0.1) is 24.7 Å². The van der Waals surface area contributed by atoms with Crippen molar-refractivity contribution in [3.8, 4) is 5.75 Å². The lowest BCUT2D eigenvalue weighted by molar-refractivity contribution is -0.137. The van der Waals surface area contributed by atoms with Crippen LogP contribution in [0.5, 0.6) is 5.75 Å². The van der Waals surface area contributed by atoms with Gasteiger partial charge >= 0.3 is 0 Å². The van der Waals surface area contributed by atoms with Gasteiger partial charge in [-0.05, 0) is 37.0 Å². The summed E-state index contributed by atoms with van der Waals surface area (Å²) in [5.74, 6) is -0.536. The normalized spacial score (nSPS) is 17.8. The van der Waals surface area contributed by atoms with E-state index >= 15 is 0 Å². The molecule has 2 N–H and O–H groups in total. The van der Waals surface area contributed by atoms with Crippen LogP contribution in [-0.2, 0) is 27.3 Å². The van der Waals surface area contributed by atoms with E-state index in [0.29, 0.717) is 36.4 Å². The second kappa shape index (κ2) is 8.78. The minimum Gasteiger partial charge on any atom is -0.495 e. The van der Waals surface area contributed by atoms with Crippen LogP contribution in [0.3, 0.4) is 0 Å². The maximum atomic E-state index is 12.9. The Morgan fingerprint density at radius 2 is 2.09 bits per heavy atom. The standard InChI is InChI=1S/C23H24N4O5/c1-13-19(32-2)10-16(11-24-13)25-20(28)7-4-14-3-5-15-12-27(23(31)17(15)9-14)18-6-8-21(29)26-22(18)30/h3,5,9-11,18H,4,6-8,12H2,1-2H3,(H,25,28)(H,26,29,30). The molecule has 0 saturated carbocycles. The lowest BCUT2D eigenvalue weighted by Gasteiger charge is -2.29. The van der Waals surface area contributed by atoms with Crippen molar-refractivity contribution < 1.29 is 23.9 Å². The summed E-state index contributed by atoms with van der Waals surface area (Å²) in [4.78, 5) is 54.5. The zero-order valence-corrected chi connectivity index (χ0v) is 17.9. The average Bonchev–Trinajstić information content (AvgIpc) is 3.09. The number of amides is 4. The third-order valence-corrected chi connectivity index (χ3v) is 5.78. The van der Waals surface area contributed by atoms with Crippen LogP contribution < -0.4 is 15.4 Å². The van der Waals surface area contributed by atoms with Gasteiger partial charge < -0.3 is 15.0 Å². The van der Waals surface area contributed by atoms with Gasteiger partial charge in [-0.2, -0.15) is 0 Å². The second-order valence-electron chi connectivity index (χ2n) is 7.95. The van der Waals surface area contributed by atoms with Crippen molar-refractivity contribution in [3.05, 3.63) is 52.8 Å².